The Bertz CT molecular complexity index is 2020. The van der Waals surface area contributed by atoms with Gasteiger partial charge in [0.05, 0.1) is 27.7 Å². The van der Waals surface area contributed by atoms with Gasteiger partial charge in [0.15, 0.2) is 0 Å². The van der Waals surface area contributed by atoms with Crippen molar-refractivity contribution < 1.29 is 13.0 Å². The summed E-state index contributed by atoms with van der Waals surface area (Å²) < 4.78 is 36.7. The molecule has 6 aromatic carbocycles. The molecule has 1 atom stereocenters. The average molecular weight is 638 g/mol. The summed E-state index contributed by atoms with van der Waals surface area (Å²) in [6.45, 7) is 1.93. The van der Waals surface area contributed by atoms with E-state index in [9.17, 15) is 13.0 Å². The molecule has 7 heteroatoms. The van der Waals surface area contributed by atoms with Crippen LogP contribution in [0.2, 0.25) is 0 Å². The molecule has 0 fully saturated rings. The molecule has 0 spiro atoms. The largest absolute Gasteiger partial charge is 0.337 e. The Hall–Kier alpha value is -5.37. The predicted molar refractivity (Wildman–Crippen MR) is 194 cm³/mol. The van der Waals surface area contributed by atoms with E-state index in [1.807, 2.05) is 72.8 Å². The molecule has 7 aromatic rings. The first-order valence-electron chi connectivity index (χ1n) is 15.7. The lowest BCUT2D eigenvalue weighted by Gasteiger charge is -2.28. The van der Waals surface area contributed by atoms with Gasteiger partial charge in [-0.05, 0) is 74.0 Å². The summed E-state index contributed by atoms with van der Waals surface area (Å²) in [6.07, 6.45) is 0.230. The summed E-state index contributed by atoms with van der Waals surface area (Å²) in [6, 6.07) is 53.7. The van der Waals surface area contributed by atoms with Crippen molar-refractivity contribution in [3.63, 3.8) is 0 Å². The number of hydrogen-bond donors (Lipinski definition) is 1. The molecular weight excluding hydrogens is 603 g/mol. The van der Waals surface area contributed by atoms with Crippen LogP contribution in [-0.2, 0) is 16.7 Å². The quantitative estimate of drug-likeness (QED) is 0.151. The molecule has 0 radical (unpaired) electrons. The lowest BCUT2D eigenvalue weighted by Crippen LogP contribution is -2.19. The first-order valence-corrected chi connectivity index (χ1v) is 17.2. The Labute approximate surface area is 275 Å². The van der Waals surface area contributed by atoms with Gasteiger partial charge in [-0.3, -0.25) is 4.55 Å². The van der Waals surface area contributed by atoms with Crippen molar-refractivity contribution in [2.24, 2.45) is 0 Å². The van der Waals surface area contributed by atoms with Gasteiger partial charge in [0.2, 0.25) is 0 Å². The Kier molecular flexibility index (Phi) is 8.24. The second-order valence-electron chi connectivity index (χ2n) is 11.6. The summed E-state index contributed by atoms with van der Waals surface area (Å²) in [5, 5.41) is 1.17. The van der Waals surface area contributed by atoms with E-state index in [2.05, 4.69) is 99.3 Å². The second-order valence-corrected chi connectivity index (χ2v) is 13.5. The Morgan fingerprint density at radius 3 is 1.19 bits per heavy atom. The number of aryl methyl sites for hydroxylation is 1. The highest BCUT2D eigenvalue weighted by Crippen LogP contribution is 2.46. The summed E-state index contributed by atoms with van der Waals surface area (Å²) >= 11 is 0. The van der Waals surface area contributed by atoms with E-state index in [1.165, 1.54) is 0 Å². The molecule has 234 valence electrons. The molecular formula is C40H35N3O3S. The standard InChI is InChI=1S/C40H35N3O3S/c1-30(47(44,45)46)28-29-41-39-35(24-14-26-37(39)42(31-16-6-2-7-17-31)32-18-8-3-9-19-32)36-25-15-27-38(40(36)41)43(33-20-10-4-11-21-33)34-22-12-5-13-23-34/h2-27,30H,28-29H2,1H3,(H,44,45,46). The number of benzene rings is 6. The fraction of sp³-hybridized carbons (Fsp3) is 0.100. The zero-order chi connectivity index (χ0) is 32.4. The van der Waals surface area contributed by atoms with Crippen LogP contribution < -0.4 is 9.80 Å². The maximum absolute atomic E-state index is 12.2. The topological polar surface area (TPSA) is 65.8 Å². The molecule has 0 saturated carbocycles. The van der Waals surface area contributed by atoms with Crippen LogP contribution >= 0.6 is 0 Å². The van der Waals surface area contributed by atoms with E-state index in [0.717, 1.165) is 55.9 Å². The van der Waals surface area contributed by atoms with Crippen molar-refractivity contribution in [2.45, 2.75) is 25.1 Å². The molecule has 0 bridgehead atoms. The van der Waals surface area contributed by atoms with Gasteiger partial charge in [0.1, 0.15) is 0 Å². The normalized spacial score (nSPS) is 12.3. The highest BCUT2D eigenvalue weighted by atomic mass is 32.2. The number of anilines is 6. The molecule has 1 heterocycles. The highest BCUT2D eigenvalue weighted by molar-refractivity contribution is 7.86. The monoisotopic (exact) mass is 637 g/mol. The number of nitrogens with zero attached hydrogens (tertiary/aromatic N) is 3. The number of aromatic nitrogens is 1. The van der Waals surface area contributed by atoms with Gasteiger partial charge in [0.25, 0.3) is 10.1 Å². The van der Waals surface area contributed by atoms with Crippen LogP contribution in [0, 0.1) is 0 Å². The van der Waals surface area contributed by atoms with Crippen molar-refractivity contribution in [1.82, 2.24) is 4.57 Å². The van der Waals surface area contributed by atoms with Crippen LogP contribution in [0.4, 0.5) is 34.1 Å². The van der Waals surface area contributed by atoms with Crippen LogP contribution in [0.25, 0.3) is 21.8 Å². The Balaban J connectivity index is 1.56. The van der Waals surface area contributed by atoms with Gasteiger partial charge in [-0.15, -0.1) is 0 Å². The smallest absolute Gasteiger partial charge is 0.267 e. The summed E-state index contributed by atoms with van der Waals surface area (Å²) in [4.78, 5) is 4.49. The number of hydrogen-bond acceptors (Lipinski definition) is 4. The van der Waals surface area contributed by atoms with Gasteiger partial charge in [-0.1, -0.05) is 97.1 Å². The van der Waals surface area contributed by atoms with Gasteiger partial charge >= 0.3 is 0 Å². The third kappa shape index (κ3) is 5.87. The summed E-state index contributed by atoms with van der Waals surface area (Å²) in [5.41, 5.74) is 7.90. The first kappa shape index (κ1) is 30.3. The predicted octanol–water partition coefficient (Wildman–Crippen LogP) is 10.4. The van der Waals surface area contributed by atoms with E-state index >= 15 is 0 Å². The number of fused-ring (bicyclic) bond motifs is 3. The molecule has 1 unspecified atom stereocenters. The Morgan fingerprint density at radius 1 is 0.532 bits per heavy atom. The molecule has 0 amide bonds. The minimum atomic E-state index is -4.22. The summed E-state index contributed by atoms with van der Waals surface area (Å²) in [7, 11) is -4.22. The van der Waals surface area contributed by atoms with E-state index < -0.39 is 15.4 Å². The van der Waals surface area contributed by atoms with Gasteiger partial charge in [-0.2, -0.15) is 8.42 Å². The van der Waals surface area contributed by atoms with Crippen molar-refractivity contribution in [1.29, 1.82) is 0 Å². The lowest BCUT2D eigenvalue weighted by molar-refractivity contribution is 0.462. The molecule has 1 aromatic heterocycles. The first-order chi connectivity index (χ1) is 22.9. The van der Waals surface area contributed by atoms with E-state index in [-0.39, 0.29) is 6.42 Å². The van der Waals surface area contributed by atoms with Gasteiger partial charge in [-0.25, -0.2) is 0 Å². The zero-order valence-electron chi connectivity index (χ0n) is 26.0. The fourth-order valence-corrected chi connectivity index (χ4v) is 6.79. The van der Waals surface area contributed by atoms with Crippen molar-refractivity contribution in [3.05, 3.63) is 158 Å². The van der Waals surface area contributed by atoms with Crippen LogP contribution in [0.5, 0.6) is 0 Å². The van der Waals surface area contributed by atoms with Crippen LogP contribution in [0.15, 0.2) is 158 Å². The third-order valence-electron chi connectivity index (χ3n) is 8.67. The molecule has 6 nitrogen and oxygen atoms in total. The number of para-hydroxylation sites is 6. The Morgan fingerprint density at radius 2 is 0.872 bits per heavy atom. The lowest BCUT2D eigenvalue weighted by atomic mass is 10.1. The maximum Gasteiger partial charge on any atom is 0.267 e. The molecule has 47 heavy (non-hydrogen) atoms. The van der Waals surface area contributed by atoms with Crippen molar-refractivity contribution in [2.75, 3.05) is 9.80 Å². The molecule has 0 aliphatic heterocycles. The number of rotatable bonds is 10. The fourth-order valence-electron chi connectivity index (χ4n) is 6.38. The van der Waals surface area contributed by atoms with Crippen LogP contribution in [0.1, 0.15) is 13.3 Å². The van der Waals surface area contributed by atoms with E-state index in [0.29, 0.717) is 6.54 Å². The zero-order valence-corrected chi connectivity index (χ0v) is 26.8. The molecule has 0 aliphatic rings. The van der Waals surface area contributed by atoms with Crippen LogP contribution in [-0.4, -0.2) is 22.8 Å². The molecule has 0 aliphatic carbocycles. The molecule has 7 rings (SSSR count). The summed E-state index contributed by atoms with van der Waals surface area (Å²) in [5.74, 6) is 0. The molecule has 1 N–H and O–H groups in total. The van der Waals surface area contributed by atoms with Crippen molar-refractivity contribution >= 4 is 66.0 Å². The van der Waals surface area contributed by atoms with Gasteiger partial charge in [0, 0.05) is 40.1 Å². The maximum atomic E-state index is 12.2. The minimum absolute atomic E-state index is 0.230. The average Bonchev–Trinajstić information content (AvgIpc) is 3.44. The minimum Gasteiger partial charge on any atom is -0.337 e. The van der Waals surface area contributed by atoms with E-state index in [4.69, 9.17) is 0 Å². The molecule has 0 saturated heterocycles. The second kappa shape index (κ2) is 12.8. The SMILES string of the molecule is CC(CCn1c2c(N(c3ccccc3)c3ccccc3)cccc2c2cccc(N(c3ccccc3)c3ccccc3)c21)S(=O)(=O)O. The van der Waals surface area contributed by atoms with Gasteiger partial charge < -0.3 is 14.4 Å². The van der Waals surface area contributed by atoms with E-state index in [1.54, 1.807) is 6.92 Å². The third-order valence-corrected chi connectivity index (χ3v) is 9.92. The van der Waals surface area contributed by atoms with Crippen LogP contribution in [0.3, 0.4) is 0 Å². The van der Waals surface area contributed by atoms with Crippen molar-refractivity contribution in [3.8, 4) is 0 Å². The highest BCUT2D eigenvalue weighted by Gasteiger charge is 2.26.